The molecule has 0 aliphatic carbocycles. The van der Waals surface area contributed by atoms with Crippen LogP contribution in [-0.4, -0.2) is 44.2 Å². The number of urea groups is 1. The first-order chi connectivity index (χ1) is 12.2. The van der Waals surface area contributed by atoms with Crippen LogP contribution in [0, 0.1) is 0 Å². The Bertz CT molecular complexity index is 707. The van der Waals surface area contributed by atoms with Gasteiger partial charge in [0.25, 0.3) is 0 Å². The van der Waals surface area contributed by atoms with Gasteiger partial charge in [-0.1, -0.05) is 25.1 Å². The first-order valence-corrected chi connectivity index (χ1v) is 8.74. The number of rotatable bonds is 4. The van der Waals surface area contributed by atoms with E-state index in [9.17, 15) is 4.79 Å². The number of anilines is 2. The summed E-state index contributed by atoms with van der Waals surface area (Å²) in [7, 11) is 1.63. The Hall–Kier alpha value is -2.69. The molecule has 1 fully saturated rings. The molecule has 132 valence electrons. The van der Waals surface area contributed by atoms with Crippen LogP contribution in [0.25, 0.3) is 0 Å². The van der Waals surface area contributed by atoms with Crippen molar-refractivity contribution in [2.24, 2.45) is 0 Å². The first kappa shape index (κ1) is 17.1. The largest absolute Gasteiger partial charge is 0.497 e. The monoisotopic (exact) mass is 339 g/mol. The maximum absolute atomic E-state index is 12.5. The van der Waals surface area contributed by atoms with Gasteiger partial charge in [-0.05, 0) is 42.3 Å². The fourth-order valence-corrected chi connectivity index (χ4v) is 3.15. The lowest BCUT2D eigenvalue weighted by molar-refractivity contribution is 0.208. The van der Waals surface area contributed by atoms with Gasteiger partial charge in [-0.2, -0.15) is 0 Å². The van der Waals surface area contributed by atoms with Crippen LogP contribution >= 0.6 is 0 Å². The second-order valence-corrected chi connectivity index (χ2v) is 6.12. The zero-order chi connectivity index (χ0) is 17.6. The van der Waals surface area contributed by atoms with Crippen LogP contribution in [-0.2, 0) is 6.42 Å². The van der Waals surface area contributed by atoms with Crippen molar-refractivity contribution in [2.45, 2.75) is 13.3 Å². The molecule has 5 heteroatoms. The van der Waals surface area contributed by atoms with Gasteiger partial charge in [-0.15, -0.1) is 0 Å². The lowest BCUT2D eigenvalue weighted by atomic mass is 10.1. The molecule has 0 bridgehead atoms. The lowest BCUT2D eigenvalue weighted by Crippen LogP contribution is -2.50. The van der Waals surface area contributed by atoms with Crippen molar-refractivity contribution in [3.8, 4) is 5.75 Å². The first-order valence-electron chi connectivity index (χ1n) is 8.74. The summed E-state index contributed by atoms with van der Waals surface area (Å²) in [6.45, 7) is 5.33. The molecule has 2 amide bonds. The fraction of sp³-hybridized carbons (Fsp3) is 0.350. The van der Waals surface area contributed by atoms with Gasteiger partial charge in [-0.25, -0.2) is 4.79 Å². The molecule has 1 aliphatic rings. The molecular weight excluding hydrogens is 314 g/mol. The van der Waals surface area contributed by atoms with E-state index in [1.165, 1.54) is 11.3 Å². The van der Waals surface area contributed by atoms with E-state index >= 15 is 0 Å². The molecular formula is C20H25N3O2. The minimum absolute atomic E-state index is 0.0476. The van der Waals surface area contributed by atoms with E-state index in [1.807, 2.05) is 29.2 Å². The van der Waals surface area contributed by atoms with Crippen molar-refractivity contribution >= 4 is 17.4 Å². The quantitative estimate of drug-likeness (QED) is 0.925. The number of ether oxygens (including phenoxy) is 1. The van der Waals surface area contributed by atoms with Gasteiger partial charge in [0, 0.05) is 37.6 Å². The van der Waals surface area contributed by atoms with Crippen LogP contribution in [0.3, 0.4) is 0 Å². The van der Waals surface area contributed by atoms with Crippen LogP contribution in [0.1, 0.15) is 12.5 Å². The van der Waals surface area contributed by atoms with E-state index in [0.717, 1.165) is 44.0 Å². The molecule has 2 aromatic rings. The molecule has 25 heavy (non-hydrogen) atoms. The average molecular weight is 339 g/mol. The van der Waals surface area contributed by atoms with Crippen molar-refractivity contribution in [3.63, 3.8) is 0 Å². The van der Waals surface area contributed by atoms with Crippen molar-refractivity contribution in [1.29, 1.82) is 0 Å². The summed E-state index contributed by atoms with van der Waals surface area (Å²) >= 11 is 0. The molecule has 0 spiro atoms. The van der Waals surface area contributed by atoms with E-state index in [1.54, 1.807) is 7.11 Å². The maximum Gasteiger partial charge on any atom is 0.321 e. The van der Waals surface area contributed by atoms with Gasteiger partial charge in [0.1, 0.15) is 5.75 Å². The number of para-hydroxylation sites is 1. The average Bonchev–Trinajstić information content (AvgIpc) is 2.68. The number of carbonyl (C=O) groups is 1. The molecule has 1 aliphatic heterocycles. The minimum atomic E-state index is -0.0476. The summed E-state index contributed by atoms with van der Waals surface area (Å²) in [4.78, 5) is 16.7. The standard InChI is InChI=1S/C20H25N3O2/c1-3-16-6-4-5-7-19(16)22-12-14-23(15-13-22)20(24)21-17-8-10-18(25-2)11-9-17/h4-11H,3,12-15H2,1-2H3,(H,21,24). The van der Waals surface area contributed by atoms with E-state index < -0.39 is 0 Å². The highest BCUT2D eigenvalue weighted by Gasteiger charge is 2.22. The zero-order valence-corrected chi connectivity index (χ0v) is 14.9. The van der Waals surface area contributed by atoms with Crippen LogP contribution in [0.2, 0.25) is 0 Å². The number of amides is 2. The highest BCUT2D eigenvalue weighted by molar-refractivity contribution is 5.89. The molecule has 1 N–H and O–H groups in total. The number of piperazine rings is 1. The van der Waals surface area contributed by atoms with Gasteiger partial charge in [0.05, 0.1) is 7.11 Å². The summed E-state index contributed by atoms with van der Waals surface area (Å²) in [5, 5.41) is 2.95. The topological polar surface area (TPSA) is 44.8 Å². The Kier molecular flexibility index (Phi) is 5.43. The van der Waals surface area contributed by atoms with E-state index in [2.05, 4.69) is 41.4 Å². The summed E-state index contributed by atoms with van der Waals surface area (Å²) in [5.41, 5.74) is 3.43. The molecule has 1 saturated heterocycles. The van der Waals surface area contributed by atoms with Gasteiger partial charge in [-0.3, -0.25) is 0 Å². The molecule has 0 saturated carbocycles. The zero-order valence-electron chi connectivity index (χ0n) is 14.9. The van der Waals surface area contributed by atoms with Crippen molar-refractivity contribution in [3.05, 3.63) is 54.1 Å². The molecule has 3 rings (SSSR count). The molecule has 0 unspecified atom stereocenters. The summed E-state index contributed by atoms with van der Waals surface area (Å²) < 4.78 is 5.13. The SMILES string of the molecule is CCc1ccccc1N1CCN(C(=O)Nc2ccc(OC)cc2)CC1. The highest BCUT2D eigenvalue weighted by Crippen LogP contribution is 2.22. The van der Waals surface area contributed by atoms with Crippen molar-refractivity contribution in [2.75, 3.05) is 43.5 Å². The normalized spacial score (nSPS) is 14.3. The van der Waals surface area contributed by atoms with Crippen LogP contribution in [0.5, 0.6) is 5.75 Å². The Balaban J connectivity index is 1.57. The molecule has 2 aromatic carbocycles. The Morgan fingerprint density at radius 1 is 1.04 bits per heavy atom. The van der Waals surface area contributed by atoms with E-state index in [0.29, 0.717) is 0 Å². The molecule has 5 nitrogen and oxygen atoms in total. The van der Waals surface area contributed by atoms with E-state index in [4.69, 9.17) is 4.74 Å². The second kappa shape index (κ2) is 7.92. The number of carbonyl (C=O) groups excluding carboxylic acids is 1. The molecule has 0 aromatic heterocycles. The number of hydrogen-bond acceptors (Lipinski definition) is 3. The number of aryl methyl sites for hydroxylation is 1. The van der Waals surface area contributed by atoms with Crippen LogP contribution in [0.15, 0.2) is 48.5 Å². The minimum Gasteiger partial charge on any atom is -0.497 e. The van der Waals surface area contributed by atoms with E-state index in [-0.39, 0.29) is 6.03 Å². The third kappa shape index (κ3) is 4.05. The van der Waals surface area contributed by atoms with Crippen molar-refractivity contribution in [1.82, 2.24) is 4.90 Å². The van der Waals surface area contributed by atoms with Gasteiger partial charge < -0.3 is 19.9 Å². The number of methoxy groups -OCH3 is 1. The van der Waals surface area contributed by atoms with Crippen molar-refractivity contribution < 1.29 is 9.53 Å². The predicted molar refractivity (Wildman–Crippen MR) is 102 cm³/mol. The summed E-state index contributed by atoms with van der Waals surface area (Å²) in [5.74, 6) is 0.779. The highest BCUT2D eigenvalue weighted by atomic mass is 16.5. The number of nitrogens with zero attached hydrogens (tertiary/aromatic N) is 2. The molecule has 0 radical (unpaired) electrons. The summed E-state index contributed by atoms with van der Waals surface area (Å²) in [6, 6.07) is 15.9. The van der Waals surface area contributed by atoms with Crippen LogP contribution < -0.4 is 15.0 Å². The Labute approximate surface area is 149 Å². The number of nitrogens with one attached hydrogen (secondary N) is 1. The third-order valence-corrected chi connectivity index (χ3v) is 4.62. The summed E-state index contributed by atoms with van der Waals surface area (Å²) in [6.07, 6.45) is 1.02. The smallest absolute Gasteiger partial charge is 0.321 e. The lowest BCUT2D eigenvalue weighted by Gasteiger charge is -2.37. The Morgan fingerprint density at radius 2 is 1.72 bits per heavy atom. The number of hydrogen-bond donors (Lipinski definition) is 1. The Morgan fingerprint density at radius 3 is 2.36 bits per heavy atom. The molecule has 0 atom stereocenters. The second-order valence-electron chi connectivity index (χ2n) is 6.12. The van der Waals surface area contributed by atoms with Gasteiger partial charge in [0.15, 0.2) is 0 Å². The molecule has 1 heterocycles. The number of benzene rings is 2. The third-order valence-electron chi connectivity index (χ3n) is 4.62. The maximum atomic E-state index is 12.5. The predicted octanol–water partition coefficient (Wildman–Crippen LogP) is 3.61. The fourth-order valence-electron chi connectivity index (χ4n) is 3.15. The van der Waals surface area contributed by atoms with Gasteiger partial charge >= 0.3 is 6.03 Å². The van der Waals surface area contributed by atoms with Gasteiger partial charge in [0.2, 0.25) is 0 Å². The van der Waals surface area contributed by atoms with Crippen LogP contribution in [0.4, 0.5) is 16.2 Å².